The highest BCUT2D eigenvalue weighted by molar-refractivity contribution is 7.10. The number of piperidine rings is 1. The number of hydrogen-bond acceptors (Lipinski definition) is 3. The van der Waals surface area contributed by atoms with Gasteiger partial charge in [0.1, 0.15) is 5.82 Å². The lowest BCUT2D eigenvalue weighted by Gasteiger charge is -2.33. The van der Waals surface area contributed by atoms with Gasteiger partial charge in [-0.25, -0.2) is 4.98 Å². The SMILES string of the molecule is CN1CCC(C2c3sccc3CCn3ccnc32)CC1. The van der Waals surface area contributed by atoms with E-state index in [2.05, 4.69) is 34.2 Å². The smallest absolute Gasteiger partial charge is 0.117 e. The fourth-order valence-corrected chi connectivity index (χ4v) is 4.91. The number of aryl methyl sites for hydroxylation is 2. The Hall–Kier alpha value is -1.13. The lowest BCUT2D eigenvalue weighted by atomic mass is 9.82. The molecule has 0 amide bonds. The minimum Gasteiger partial charge on any atom is -0.334 e. The Bertz CT molecular complexity index is 550. The molecule has 1 saturated heterocycles. The topological polar surface area (TPSA) is 21.1 Å². The van der Waals surface area contributed by atoms with E-state index in [1.165, 1.54) is 31.8 Å². The molecule has 0 spiro atoms. The molecular weight excluding hydrogens is 266 g/mol. The largest absolute Gasteiger partial charge is 0.334 e. The molecule has 0 bridgehead atoms. The van der Waals surface area contributed by atoms with Gasteiger partial charge in [0.15, 0.2) is 0 Å². The second kappa shape index (κ2) is 5.01. The zero-order valence-corrected chi connectivity index (χ0v) is 12.8. The second-order valence-electron chi connectivity index (χ2n) is 6.16. The fraction of sp³-hybridized carbons (Fsp3) is 0.562. The first-order valence-corrected chi connectivity index (χ1v) is 8.47. The zero-order chi connectivity index (χ0) is 13.5. The molecule has 106 valence electrons. The minimum absolute atomic E-state index is 0.524. The van der Waals surface area contributed by atoms with Crippen molar-refractivity contribution in [2.45, 2.75) is 31.7 Å². The molecule has 4 heteroatoms. The lowest BCUT2D eigenvalue weighted by molar-refractivity contribution is 0.205. The van der Waals surface area contributed by atoms with Crippen molar-refractivity contribution in [2.75, 3.05) is 20.1 Å². The van der Waals surface area contributed by atoms with E-state index in [-0.39, 0.29) is 0 Å². The maximum atomic E-state index is 4.73. The molecule has 0 aromatic carbocycles. The van der Waals surface area contributed by atoms with E-state index in [0.717, 1.165) is 18.9 Å². The van der Waals surface area contributed by atoms with Crippen LogP contribution in [0, 0.1) is 5.92 Å². The van der Waals surface area contributed by atoms with Crippen molar-refractivity contribution in [3.63, 3.8) is 0 Å². The number of rotatable bonds is 1. The van der Waals surface area contributed by atoms with Crippen LogP contribution in [0.2, 0.25) is 0 Å². The average molecular weight is 287 g/mol. The molecule has 4 heterocycles. The third kappa shape index (κ3) is 2.02. The highest BCUT2D eigenvalue weighted by Gasteiger charge is 2.34. The van der Waals surface area contributed by atoms with Gasteiger partial charge >= 0.3 is 0 Å². The van der Waals surface area contributed by atoms with E-state index >= 15 is 0 Å². The third-order valence-electron chi connectivity index (χ3n) is 4.95. The second-order valence-corrected chi connectivity index (χ2v) is 7.10. The summed E-state index contributed by atoms with van der Waals surface area (Å²) in [7, 11) is 2.24. The summed E-state index contributed by atoms with van der Waals surface area (Å²) < 4.78 is 2.38. The van der Waals surface area contributed by atoms with Gasteiger partial charge in [-0.1, -0.05) is 0 Å². The van der Waals surface area contributed by atoms with Crippen molar-refractivity contribution < 1.29 is 0 Å². The van der Waals surface area contributed by atoms with Crippen molar-refractivity contribution in [3.05, 3.63) is 40.1 Å². The van der Waals surface area contributed by atoms with E-state index in [1.54, 1.807) is 10.4 Å². The van der Waals surface area contributed by atoms with Crippen molar-refractivity contribution in [3.8, 4) is 0 Å². The first kappa shape index (κ1) is 12.6. The maximum absolute atomic E-state index is 4.73. The molecule has 2 aliphatic rings. The van der Waals surface area contributed by atoms with Crippen LogP contribution in [-0.4, -0.2) is 34.6 Å². The lowest BCUT2D eigenvalue weighted by Crippen LogP contribution is -2.33. The van der Waals surface area contributed by atoms with E-state index in [4.69, 9.17) is 4.98 Å². The standard InChI is InChI=1S/C16H21N3S/c1-18-7-2-12(3-8-18)14-15-13(5-11-20-15)4-9-19-10-6-17-16(14)19/h5-6,10-12,14H,2-4,7-9H2,1H3. The molecule has 3 nitrogen and oxygen atoms in total. The van der Waals surface area contributed by atoms with E-state index in [1.807, 2.05) is 17.5 Å². The van der Waals surface area contributed by atoms with Gasteiger partial charge in [-0.15, -0.1) is 11.3 Å². The van der Waals surface area contributed by atoms with Gasteiger partial charge in [0, 0.05) is 23.8 Å². The van der Waals surface area contributed by atoms with Gasteiger partial charge in [-0.2, -0.15) is 0 Å². The van der Waals surface area contributed by atoms with Crippen LogP contribution in [0.25, 0.3) is 0 Å². The van der Waals surface area contributed by atoms with E-state index in [0.29, 0.717) is 5.92 Å². The molecule has 0 aliphatic carbocycles. The Balaban J connectivity index is 1.75. The number of fused-ring (bicyclic) bond motifs is 2. The molecule has 2 aliphatic heterocycles. The molecule has 0 N–H and O–H groups in total. The van der Waals surface area contributed by atoms with Crippen LogP contribution < -0.4 is 0 Å². The summed E-state index contributed by atoms with van der Waals surface area (Å²) in [4.78, 5) is 8.77. The number of aromatic nitrogens is 2. The first-order chi connectivity index (χ1) is 9.83. The molecule has 0 saturated carbocycles. The van der Waals surface area contributed by atoms with Crippen LogP contribution in [0.1, 0.15) is 35.0 Å². The van der Waals surface area contributed by atoms with Gasteiger partial charge in [0.25, 0.3) is 0 Å². The van der Waals surface area contributed by atoms with E-state index < -0.39 is 0 Å². The van der Waals surface area contributed by atoms with Crippen molar-refractivity contribution >= 4 is 11.3 Å². The first-order valence-electron chi connectivity index (χ1n) is 7.59. The Morgan fingerprint density at radius 1 is 1.25 bits per heavy atom. The third-order valence-corrected chi connectivity index (χ3v) is 5.99. The summed E-state index contributed by atoms with van der Waals surface area (Å²) in [6, 6.07) is 2.33. The van der Waals surface area contributed by atoms with Crippen LogP contribution in [0.5, 0.6) is 0 Å². The van der Waals surface area contributed by atoms with Crippen LogP contribution >= 0.6 is 11.3 Å². The summed E-state index contributed by atoms with van der Waals surface area (Å²) in [5, 5.41) is 2.27. The molecule has 4 rings (SSSR count). The Morgan fingerprint density at radius 2 is 2.10 bits per heavy atom. The van der Waals surface area contributed by atoms with Crippen LogP contribution in [-0.2, 0) is 13.0 Å². The minimum atomic E-state index is 0.524. The quantitative estimate of drug-likeness (QED) is 0.804. The van der Waals surface area contributed by atoms with Crippen LogP contribution in [0.4, 0.5) is 0 Å². The van der Waals surface area contributed by atoms with Crippen LogP contribution in [0.3, 0.4) is 0 Å². The maximum Gasteiger partial charge on any atom is 0.117 e. The number of likely N-dealkylation sites (tertiary alicyclic amines) is 1. The zero-order valence-electron chi connectivity index (χ0n) is 12.0. The predicted molar refractivity (Wildman–Crippen MR) is 82.3 cm³/mol. The summed E-state index contributed by atoms with van der Waals surface area (Å²) in [5.74, 6) is 2.58. The van der Waals surface area contributed by atoms with Crippen molar-refractivity contribution in [1.29, 1.82) is 0 Å². The van der Waals surface area contributed by atoms with Gasteiger partial charge in [0.2, 0.25) is 0 Å². The molecule has 1 fully saturated rings. The normalized spacial score (nSPS) is 24.1. The van der Waals surface area contributed by atoms with Gasteiger partial charge in [-0.05, 0) is 62.3 Å². The molecule has 1 unspecified atom stereocenters. The molecule has 1 atom stereocenters. The molecule has 0 radical (unpaired) electrons. The Morgan fingerprint density at radius 3 is 2.95 bits per heavy atom. The fourth-order valence-electron chi connectivity index (χ4n) is 3.76. The Labute approximate surface area is 124 Å². The summed E-state index contributed by atoms with van der Waals surface area (Å²) in [6.07, 6.45) is 7.89. The highest BCUT2D eigenvalue weighted by atomic mass is 32.1. The average Bonchev–Trinajstić information content (AvgIpc) is 3.07. The van der Waals surface area contributed by atoms with Gasteiger partial charge in [-0.3, -0.25) is 0 Å². The van der Waals surface area contributed by atoms with E-state index in [9.17, 15) is 0 Å². The van der Waals surface area contributed by atoms with Crippen molar-refractivity contribution in [1.82, 2.24) is 14.5 Å². The van der Waals surface area contributed by atoms with Crippen LogP contribution in [0.15, 0.2) is 23.8 Å². The summed E-state index contributed by atoms with van der Waals surface area (Å²) in [6.45, 7) is 3.54. The number of thiophene rings is 1. The molecule has 20 heavy (non-hydrogen) atoms. The number of imidazole rings is 1. The van der Waals surface area contributed by atoms with Gasteiger partial charge in [0.05, 0.1) is 5.92 Å². The summed E-state index contributed by atoms with van der Waals surface area (Å²) in [5.41, 5.74) is 1.56. The summed E-state index contributed by atoms with van der Waals surface area (Å²) >= 11 is 1.94. The highest BCUT2D eigenvalue weighted by Crippen LogP contribution is 2.42. The number of nitrogens with zero attached hydrogens (tertiary/aromatic N) is 3. The predicted octanol–water partition coefficient (Wildman–Crippen LogP) is 2.97. The monoisotopic (exact) mass is 287 g/mol. The molecule has 2 aromatic rings. The van der Waals surface area contributed by atoms with Gasteiger partial charge < -0.3 is 9.47 Å². The molecule has 2 aromatic heterocycles. The van der Waals surface area contributed by atoms with Crippen molar-refractivity contribution in [2.24, 2.45) is 5.92 Å². The molecular formula is C16H21N3S. The number of hydrogen-bond donors (Lipinski definition) is 0. The Kier molecular flexibility index (Phi) is 3.15.